The van der Waals surface area contributed by atoms with E-state index in [1.165, 1.54) is 0 Å². The first-order valence-corrected chi connectivity index (χ1v) is 7.48. The van der Waals surface area contributed by atoms with Crippen LogP contribution in [0.3, 0.4) is 0 Å². The third kappa shape index (κ3) is 3.02. The Hall–Kier alpha value is -0.980. The molecule has 20 heavy (non-hydrogen) atoms. The zero-order chi connectivity index (χ0) is 14.8. The van der Waals surface area contributed by atoms with Crippen LogP contribution in [0.2, 0.25) is 0 Å². The zero-order valence-corrected chi connectivity index (χ0v) is 12.9. The summed E-state index contributed by atoms with van der Waals surface area (Å²) in [6.07, 6.45) is 1.42. The summed E-state index contributed by atoms with van der Waals surface area (Å²) in [5.41, 5.74) is 5.76. The third-order valence-electron chi connectivity index (χ3n) is 4.25. The van der Waals surface area contributed by atoms with E-state index >= 15 is 0 Å². The van der Waals surface area contributed by atoms with Gasteiger partial charge in [-0.2, -0.15) is 4.98 Å². The maximum absolute atomic E-state index is 6.29. The lowest BCUT2D eigenvalue weighted by atomic mass is 9.94. The van der Waals surface area contributed by atoms with Gasteiger partial charge in [-0.25, -0.2) is 0 Å². The number of ether oxygens (including phenoxy) is 1. The number of nitrogens with zero attached hydrogens (tertiary/aromatic N) is 3. The van der Waals surface area contributed by atoms with Crippen LogP contribution < -0.4 is 5.73 Å². The maximum Gasteiger partial charge on any atom is 0.246 e. The van der Waals surface area contributed by atoms with Crippen LogP contribution in [0.15, 0.2) is 4.52 Å². The standard InChI is InChI=1S/C14H26N4O2/c1-5-14(15,6-2)13-16-12(17-20-13)11-9-18(10(3)4)7-8-19-11/h10-11H,5-9,15H2,1-4H3. The first-order valence-electron chi connectivity index (χ1n) is 7.48. The Morgan fingerprint density at radius 3 is 2.70 bits per heavy atom. The van der Waals surface area contributed by atoms with Crippen molar-refractivity contribution in [1.29, 1.82) is 0 Å². The number of hydrogen-bond donors (Lipinski definition) is 1. The lowest BCUT2D eigenvalue weighted by Gasteiger charge is -2.34. The van der Waals surface area contributed by atoms with Gasteiger partial charge in [0.2, 0.25) is 11.7 Å². The molecule has 0 radical (unpaired) electrons. The highest BCUT2D eigenvalue weighted by Crippen LogP contribution is 2.27. The molecular weight excluding hydrogens is 256 g/mol. The molecule has 0 aliphatic carbocycles. The van der Waals surface area contributed by atoms with E-state index in [1.54, 1.807) is 0 Å². The fourth-order valence-corrected chi connectivity index (χ4v) is 2.41. The topological polar surface area (TPSA) is 77.4 Å². The van der Waals surface area contributed by atoms with Crippen LogP contribution in [-0.4, -0.2) is 40.8 Å². The Morgan fingerprint density at radius 1 is 1.40 bits per heavy atom. The van der Waals surface area contributed by atoms with E-state index in [9.17, 15) is 0 Å². The van der Waals surface area contributed by atoms with Gasteiger partial charge in [0, 0.05) is 19.1 Å². The summed E-state index contributed by atoms with van der Waals surface area (Å²) in [6.45, 7) is 10.9. The van der Waals surface area contributed by atoms with Crippen molar-refractivity contribution in [1.82, 2.24) is 15.0 Å². The average Bonchev–Trinajstić information content (AvgIpc) is 2.97. The molecule has 0 spiro atoms. The van der Waals surface area contributed by atoms with Gasteiger partial charge in [-0.3, -0.25) is 4.90 Å². The molecule has 114 valence electrons. The Kier molecular flexibility index (Phi) is 4.78. The van der Waals surface area contributed by atoms with Gasteiger partial charge in [0.25, 0.3) is 0 Å². The van der Waals surface area contributed by atoms with Crippen molar-refractivity contribution in [2.24, 2.45) is 5.73 Å². The minimum Gasteiger partial charge on any atom is -0.367 e. The molecule has 0 saturated carbocycles. The molecule has 1 unspecified atom stereocenters. The highest BCUT2D eigenvalue weighted by Gasteiger charge is 2.33. The van der Waals surface area contributed by atoms with Crippen LogP contribution in [0.1, 0.15) is 58.4 Å². The van der Waals surface area contributed by atoms with Crippen LogP contribution in [0, 0.1) is 0 Å². The summed E-state index contributed by atoms with van der Waals surface area (Å²) in [6, 6.07) is 0.493. The molecular formula is C14H26N4O2. The van der Waals surface area contributed by atoms with Crippen LogP contribution in [-0.2, 0) is 10.3 Å². The first kappa shape index (κ1) is 15.4. The van der Waals surface area contributed by atoms with E-state index in [0.717, 1.165) is 25.9 Å². The van der Waals surface area contributed by atoms with E-state index in [4.69, 9.17) is 15.0 Å². The predicted molar refractivity (Wildman–Crippen MR) is 76.1 cm³/mol. The Bertz CT molecular complexity index is 429. The van der Waals surface area contributed by atoms with Crippen molar-refractivity contribution >= 4 is 0 Å². The second-order valence-corrected chi connectivity index (χ2v) is 5.77. The lowest BCUT2D eigenvalue weighted by molar-refractivity contribution is -0.0450. The molecule has 6 heteroatoms. The van der Waals surface area contributed by atoms with E-state index < -0.39 is 5.54 Å². The van der Waals surface area contributed by atoms with E-state index in [0.29, 0.717) is 24.4 Å². The smallest absolute Gasteiger partial charge is 0.246 e. The fraction of sp³-hybridized carbons (Fsp3) is 0.857. The molecule has 1 aromatic heterocycles. The molecule has 2 N–H and O–H groups in total. The Morgan fingerprint density at radius 2 is 2.10 bits per heavy atom. The number of aromatic nitrogens is 2. The zero-order valence-electron chi connectivity index (χ0n) is 12.9. The monoisotopic (exact) mass is 282 g/mol. The molecule has 1 aromatic rings. The van der Waals surface area contributed by atoms with Gasteiger partial charge in [-0.1, -0.05) is 19.0 Å². The summed E-state index contributed by atoms with van der Waals surface area (Å²) < 4.78 is 11.1. The van der Waals surface area contributed by atoms with Gasteiger partial charge >= 0.3 is 0 Å². The predicted octanol–water partition coefficient (Wildman–Crippen LogP) is 1.83. The largest absolute Gasteiger partial charge is 0.367 e. The molecule has 2 heterocycles. The van der Waals surface area contributed by atoms with Gasteiger partial charge in [0.15, 0.2) is 0 Å². The second-order valence-electron chi connectivity index (χ2n) is 5.77. The van der Waals surface area contributed by atoms with Crippen molar-refractivity contribution in [2.75, 3.05) is 19.7 Å². The third-order valence-corrected chi connectivity index (χ3v) is 4.25. The average molecular weight is 282 g/mol. The van der Waals surface area contributed by atoms with Crippen molar-refractivity contribution in [3.05, 3.63) is 11.7 Å². The molecule has 0 bridgehead atoms. The molecule has 1 saturated heterocycles. The van der Waals surface area contributed by atoms with Crippen LogP contribution >= 0.6 is 0 Å². The molecule has 0 amide bonds. The summed E-state index contributed by atoms with van der Waals surface area (Å²) in [7, 11) is 0. The molecule has 1 aliphatic rings. The van der Waals surface area contributed by atoms with E-state index in [1.807, 2.05) is 13.8 Å². The van der Waals surface area contributed by atoms with Crippen LogP contribution in [0.25, 0.3) is 0 Å². The summed E-state index contributed by atoms with van der Waals surface area (Å²) >= 11 is 0. The molecule has 2 rings (SSSR count). The van der Waals surface area contributed by atoms with E-state index in [-0.39, 0.29) is 6.10 Å². The van der Waals surface area contributed by atoms with Gasteiger partial charge in [0.1, 0.15) is 6.10 Å². The van der Waals surface area contributed by atoms with Gasteiger partial charge in [0.05, 0.1) is 12.1 Å². The van der Waals surface area contributed by atoms with Crippen LogP contribution in [0.5, 0.6) is 0 Å². The minimum absolute atomic E-state index is 0.124. The second kappa shape index (κ2) is 6.20. The Labute approximate surface area is 120 Å². The van der Waals surface area contributed by atoms with Crippen molar-refractivity contribution in [2.45, 2.75) is 58.2 Å². The quantitative estimate of drug-likeness (QED) is 0.887. The number of nitrogens with two attached hydrogens (primary N) is 1. The SMILES string of the molecule is CCC(N)(CC)c1nc(C2CN(C(C)C)CCO2)no1. The Balaban J connectivity index is 2.12. The highest BCUT2D eigenvalue weighted by atomic mass is 16.5. The summed E-state index contributed by atoms with van der Waals surface area (Å²) in [5, 5.41) is 4.08. The molecule has 1 aliphatic heterocycles. The van der Waals surface area contributed by atoms with Gasteiger partial charge in [-0.05, 0) is 26.7 Å². The maximum atomic E-state index is 6.29. The molecule has 0 aromatic carbocycles. The van der Waals surface area contributed by atoms with Crippen molar-refractivity contribution in [3.63, 3.8) is 0 Å². The summed E-state index contributed by atoms with van der Waals surface area (Å²) in [4.78, 5) is 6.85. The van der Waals surface area contributed by atoms with Crippen molar-refractivity contribution < 1.29 is 9.26 Å². The van der Waals surface area contributed by atoms with E-state index in [2.05, 4.69) is 28.9 Å². The normalized spacial score (nSPS) is 21.6. The molecule has 6 nitrogen and oxygen atoms in total. The van der Waals surface area contributed by atoms with Gasteiger partial charge in [-0.15, -0.1) is 0 Å². The fourth-order valence-electron chi connectivity index (χ4n) is 2.41. The summed E-state index contributed by atoms with van der Waals surface area (Å²) in [5.74, 6) is 1.13. The minimum atomic E-state index is -0.530. The highest BCUT2D eigenvalue weighted by molar-refractivity contribution is 5.03. The number of hydrogen-bond acceptors (Lipinski definition) is 6. The first-order chi connectivity index (χ1) is 9.50. The van der Waals surface area contributed by atoms with Gasteiger partial charge < -0.3 is 15.0 Å². The van der Waals surface area contributed by atoms with Crippen molar-refractivity contribution in [3.8, 4) is 0 Å². The number of morpholine rings is 1. The molecule has 1 atom stereocenters. The number of rotatable bonds is 5. The van der Waals surface area contributed by atoms with Crippen LogP contribution in [0.4, 0.5) is 0 Å². The lowest BCUT2D eigenvalue weighted by Crippen LogP contribution is -2.42. The molecule has 1 fully saturated rings.